The lowest BCUT2D eigenvalue weighted by molar-refractivity contribution is -0.118. The van der Waals surface area contributed by atoms with Crippen LogP contribution in [0, 0.1) is 18.3 Å². The number of hydrogen-bond acceptors (Lipinski definition) is 8. The molecule has 5 rings (SSSR count). The zero-order valence-electron chi connectivity index (χ0n) is 17.6. The van der Waals surface area contributed by atoms with E-state index in [2.05, 4.69) is 31.7 Å². The summed E-state index contributed by atoms with van der Waals surface area (Å²) < 4.78 is 7.12. The number of anilines is 2. The number of carbonyl (C=O) groups is 1. The quantitative estimate of drug-likeness (QED) is 0.494. The summed E-state index contributed by atoms with van der Waals surface area (Å²) in [5.41, 5.74) is 11.2. The van der Waals surface area contributed by atoms with Crippen molar-refractivity contribution in [3.05, 3.63) is 65.4 Å². The fourth-order valence-corrected chi connectivity index (χ4v) is 3.73. The molecule has 0 fully saturated rings. The minimum Gasteiger partial charge on any atom is -0.482 e. The van der Waals surface area contributed by atoms with Crippen LogP contribution in [-0.2, 0) is 11.3 Å². The predicted octanol–water partition coefficient (Wildman–Crippen LogP) is 2.54. The molecule has 3 heterocycles. The van der Waals surface area contributed by atoms with Crippen LogP contribution in [0.1, 0.15) is 16.7 Å². The molecule has 0 bridgehead atoms. The fraction of sp³-hybridized carbons (Fsp3) is 0.130. The van der Waals surface area contributed by atoms with Crippen molar-refractivity contribution in [1.29, 1.82) is 5.26 Å². The third kappa shape index (κ3) is 3.83. The number of fused-ring (bicyclic) bond motifs is 1. The maximum absolute atomic E-state index is 11.7. The Morgan fingerprint density at radius 2 is 2.00 bits per heavy atom. The van der Waals surface area contributed by atoms with Crippen LogP contribution in [0.5, 0.6) is 5.75 Å². The van der Waals surface area contributed by atoms with Crippen LogP contribution in [-0.4, -0.2) is 37.5 Å². The van der Waals surface area contributed by atoms with Crippen molar-refractivity contribution in [1.82, 2.24) is 25.0 Å². The van der Waals surface area contributed by atoms with Crippen molar-refractivity contribution in [2.75, 3.05) is 17.7 Å². The first-order valence-electron chi connectivity index (χ1n) is 10.1. The third-order valence-corrected chi connectivity index (χ3v) is 5.34. The van der Waals surface area contributed by atoms with E-state index in [1.54, 1.807) is 35.1 Å². The minimum absolute atomic E-state index is 0.00184. The van der Waals surface area contributed by atoms with Crippen molar-refractivity contribution >= 4 is 17.5 Å². The van der Waals surface area contributed by atoms with Crippen LogP contribution in [0.2, 0.25) is 0 Å². The zero-order chi connectivity index (χ0) is 22.9. The van der Waals surface area contributed by atoms with Crippen molar-refractivity contribution in [3.8, 4) is 34.5 Å². The SMILES string of the molecule is Cc1c(C#N)cccc1-c1cc(-c2cn(Cc3cccc4c3NC(=O)CO4)nn2)nc(N)n1. The largest absolute Gasteiger partial charge is 0.482 e. The Bertz CT molecular complexity index is 1440. The lowest BCUT2D eigenvalue weighted by atomic mass is 10.00. The van der Waals surface area contributed by atoms with E-state index >= 15 is 0 Å². The first-order valence-corrected chi connectivity index (χ1v) is 10.1. The van der Waals surface area contributed by atoms with Gasteiger partial charge in [0.15, 0.2) is 6.61 Å². The maximum Gasteiger partial charge on any atom is 0.262 e. The Hall–Kier alpha value is -4.78. The van der Waals surface area contributed by atoms with Gasteiger partial charge in [-0.15, -0.1) is 5.10 Å². The van der Waals surface area contributed by atoms with Gasteiger partial charge in [-0.1, -0.05) is 29.5 Å². The molecule has 0 saturated carbocycles. The molecule has 4 aromatic rings. The number of nitrogen functional groups attached to an aromatic ring is 1. The first kappa shape index (κ1) is 20.1. The molecule has 1 aliphatic rings. The molecule has 0 unspecified atom stereocenters. The molecule has 0 saturated heterocycles. The molecule has 2 aromatic heterocycles. The molecule has 10 nitrogen and oxygen atoms in total. The maximum atomic E-state index is 11.7. The fourth-order valence-electron chi connectivity index (χ4n) is 3.73. The summed E-state index contributed by atoms with van der Waals surface area (Å²) in [5, 5.41) is 20.6. The Kier molecular flexibility index (Phi) is 4.91. The standard InChI is InChI=1S/C23H18N8O2/c1-13-14(9-24)4-2-6-16(13)17-8-18(27-23(25)26-17)19-11-31(30-29-19)10-15-5-3-7-20-22(15)28-21(32)12-33-20/h2-8,11H,10,12H2,1H3,(H,28,32)(H2,25,26,27). The summed E-state index contributed by atoms with van der Waals surface area (Å²) >= 11 is 0. The highest BCUT2D eigenvalue weighted by Crippen LogP contribution is 2.32. The molecule has 1 amide bonds. The number of para-hydroxylation sites is 1. The molecule has 0 spiro atoms. The van der Waals surface area contributed by atoms with E-state index in [9.17, 15) is 10.1 Å². The summed E-state index contributed by atoms with van der Waals surface area (Å²) in [6.07, 6.45) is 1.75. The number of nitrogens with two attached hydrogens (primary N) is 1. The summed E-state index contributed by atoms with van der Waals surface area (Å²) in [6, 6.07) is 14.9. The average molecular weight is 438 g/mol. The number of aromatic nitrogens is 5. The molecule has 2 aromatic carbocycles. The smallest absolute Gasteiger partial charge is 0.262 e. The number of ether oxygens (including phenoxy) is 1. The van der Waals surface area contributed by atoms with Crippen LogP contribution in [0.4, 0.5) is 11.6 Å². The van der Waals surface area contributed by atoms with Gasteiger partial charge in [0, 0.05) is 11.1 Å². The second kappa shape index (κ2) is 8.05. The van der Waals surface area contributed by atoms with Gasteiger partial charge in [-0.3, -0.25) is 4.79 Å². The number of rotatable bonds is 4. The summed E-state index contributed by atoms with van der Waals surface area (Å²) in [7, 11) is 0. The molecule has 3 N–H and O–H groups in total. The van der Waals surface area contributed by atoms with Gasteiger partial charge in [-0.05, 0) is 30.7 Å². The number of amides is 1. The molecule has 1 aliphatic heterocycles. The van der Waals surface area contributed by atoms with Gasteiger partial charge in [0.05, 0.1) is 41.4 Å². The Labute approximate surface area is 188 Å². The lowest BCUT2D eigenvalue weighted by Gasteiger charge is -2.20. The van der Waals surface area contributed by atoms with Gasteiger partial charge in [-0.25, -0.2) is 14.6 Å². The van der Waals surface area contributed by atoms with E-state index in [1.807, 2.05) is 25.1 Å². The second-order valence-electron chi connectivity index (χ2n) is 7.52. The van der Waals surface area contributed by atoms with Gasteiger partial charge in [0.2, 0.25) is 5.95 Å². The molecular weight excluding hydrogens is 420 g/mol. The molecule has 33 heavy (non-hydrogen) atoms. The number of benzene rings is 2. The summed E-state index contributed by atoms with van der Waals surface area (Å²) in [5.74, 6) is 0.514. The molecule has 10 heteroatoms. The van der Waals surface area contributed by atoms with Crippen LogP contribution < -0.4 is 15.8 Å². The number of nitriles is 1. The molecular formula is C23H18N8O2. The van der Waals surface area contributed by atoms with Gasteiger partial charge in [0.25, 0.3) is 5.91 Å². The number of carbonyl (C=O) groups excluding carboxylic acids is 1. The highest BCUT2D eigenvalue weighted by Gasteiger charge is 2.19. The number of hydrogen-bond donors (Lipinski definition) is 2. The van der Waals surface area contributed by atoms with Crippen LogP contribution in [0.3, 0.4) is 0 Å². The number of nitrogens with one attached hydrogen (secondary N) is 1. The van der Waals surface area contributed by atoms with Crippen LogP contribution >= 0.6 is 0 Å². The molecule has 162 valence electrons. The van der Waals surface area contributed by atoms with E-state index < -0.39 is 0 Å². The zero-order valence-corrected chi connectivity index (χ0v) is 17.6. The Morgan fingerprint density at radius 1 is 1.18 bits per heavy atom. The first-order chi connectivity index (χ1) is 16.0. The lowest BCUT2D eigenvalue weighted by Crippen LogP contribution is -2.26. The van der Waals surface area contributed by atoms with Crippen molar-refractivity contribution in [2.45, 2.75) is 13.5 Å². The van der Waals surface area contributed by atoms with Crippen molar-refractivity contribution in [3.63, 3.8) is 0 Å². The second-order valence-corrected chi connectivity index (χ2v) is 7.52. The van der Waals surface area contributed by atoms with Crippen molar-refractivity contribution < 1.29 is 9.53 Å². The van der Waals surface area contributed by atoms with E-state index in [0.717, 1.165) is 16.7 Å². The van der Waals surface area contributed by atoms with Crippen LogP contribution in [0.15, 0.2) is 48.7 Å². The Morgan fingerprint density at radius 3 is 2.85 bits per heavy atom. The highest BCUT2D eigenvalue weighted by atomic mass is 16.5. The van der Waals surface area contributed by atoms with Gasteiger partial charge in [-0.2, -0.15) is 5.26 Å². The van der Waals surface area contributed by atoms with Gasteiger partial charge >= 0.3 is 0 Å². The Balaban J connectivity index is 1.47. The van der Waals surface area contributed by atoms with E-state index in [-0.39, 0.29) is 18.5 Å². The van der Waals surface area contributed by atoms with Crippen molar-refractivity contribution in [2.24, 2.45) is 0 Å². The highest BCUT2D eigenvalue weighted by molar-refractivity contribution is 5.96. The monoisotopic (exact) mass is 438 g/mol. The molecule has 0 radical (unpaired) electrons. The van der Waals surface area contributed by atoms with Crippen LogP contribution in [0.25, 0.3) is 22.6 Å². The van der Waals surface area contributed by atoms with E-state index in [1.165, 1.54) is 0 Å². The molecule has 0 aliphatic carbocycles. The average Bonchev–Trinajstić information content (AvgIpc) is 3.28. The minimum atomic E-state index is -0.200. The third-order valence-electron chi connectivity index (χ3n) is 5.34. The molecule has 0 atom stereocenters. The van der Waals surface area contributed by atoms with Gasteiger partial charge in [0.1, 0.15) is 11.4 Å². The predicted molar refractivity (Wildman–Crippen MR) is 120 cm³/mol. The topological polar surface area (TPSA) is 145 Å². The normalized spacial score (nSPS) is 12.4. The summed E-state index contributed by atoms with van der Waals surface area (Å²) in [4.78, 5) is 20.4. The summed E-state index contributed by atoms with van der Waals surface area (Å²) in [6.45, 7) is 2.24. The van der Waals surface area contributed by atoms with E-state index in [4.69, 9.17) is 10.5 Å². The van der Waals surface area contributed by atoms with Gasteiger partial charge < -0.3 is 15.8 Å². The van der Waals surface area contributed by atoms with E-state index in [0.29, 0.717) is 40.6 Å². The number of nitrogens with zero attached hydrogens (tertiary/aromatic N) is 6.